The van der Waals surface area contributed by atoms with Crippen LogP contribution in [0, 0.1) is 0 Å². The molecule has 0 radical (unpaired) electrons. The van der Waals surface area contributed by atoms with E-state index in [-0.39, 0.29) is 0 Å². The second kappa shape index (κ2) is 4.99. The molecule has 3 heterocycles. The van der Waals surface area contributed by atoms with Gasteiger partial charge < -0.3 is 10.0 Å². The summed E-state index contributed by atoms with van der Waals surface area (Å²) in [6, 6.07) is 0. The normalized spacial score (nSPS) is 17.9. The highest BCUT2D eigenvalue weighted by Gasteiger charge is 2.24. The average molecular weight is 276 g/mol. The summed E-state index contributed by atoms with van der Waals surface area (Å²) in [6.07, 6.45) is 5.31. The zero-order chi connectivity index (χ0) is 14.2. The molecule has 0 aliphatic carbocycles. The Bertz CT molecular complexity index is 582. The Hall–Kier alpha value is -1.73. The zero-order valence-electron chi connectivity index (χ0n) is 11.9. The van der Waals surface area contributed by atoms with Gasteiger partial charge in [-0.25, -0.2) is 4.98 Å². The van der Waals surface area contributed by atoms with Gasteiger partial charge in [-0.05, 0) is 13.8 Å². The second-order valence-electron chi connectivity index (χ2n) is 5.89. The van der Waals surface area contributed by atoms with E-state index in [0.717, 1.165) is 37.6 Å². The lowest BCUT2D eigenvalue weighted by Crippen LogP contribution is -2.50. The van der Waals surface area contributed by atoms with Crippen LogP contribution < -0.4 is 4.90 Å². The van der Waals surface area contributed by atoms with Gasteiger partial charge in [-0.1, -0.05) is 0 Å². The smallest absolute Gasteiger partial charge is 0.203 e. The molecular formula is C13H20N6O. The van der Waals surface area contributed by atoms with Gasteiger partial charge in [-0.2, -0.15) is 0 Å². The van der Waals surface area contributed by atoms with Crippen molar-refractivity contribution in [1.82, 2.24) is 24.5 Å². The summed E-state index contributed by atoms with van der Waals surface area (Å²) in [5, 5.41) is 17.9. The summed E-state index contributed by atoms with van der Waals surface area (Å²) in [7, 11) is 0. The van der Waals surface area contributed by atoms with E-state index >= 15 is 0 Å². The Balaban J connectivity index is 1.71. The molecule has 20 heavy (non-hydrogen) atoms. The van der Waals surface area contributed by atoms with E-state index in [1.165, 1.54) is 0 Å². The first-order valence-corrected chi connectivity index (χ1v) is 6.87. The number of fused-ring (bicyclic) bond motifs is 1. The molecule has 2 aromatic heterocycles. The first-order valence-electron chi connectivity index (χ1n) is 6.87. The third-order valence-corrected chi connectivity index (χ3v) is 3.48. The minimum Gasteiger partial charge on any atom is -0.389 e. The van der Waals surface area contributed by atoms with Crippen LogP contribution in [-0.2, 0) is 0 Å². The number of anilines is 1. The van der Waals surface area contributed by atoms with Crippen molar-refractivity contribution in [3.63, 3.8) is 0 Å². The van der Waals surface area contributed by atoms with Gasteiger partial charge in [0.15, 0.2) is 5.82 Å². The predicted molar refractivity (Wildman–Crippen MR) is 75.7 cm³/mol. The fourth-order valence-electron chi connectivity index (χ4n) is 2.63. The molecule has 1 aliphatic heterocycles. The third-order valence-electron chi connectivity index (χ3n) is 3.48. The molecule has 1 saturated heterocycles. The molecule has 0 bridgehead atoms. The van der Waals surface area contributed by atoms with E-state index in [2.05, 4.69) is 25.0 Å². The van der Waals surface area contributed by atoms with E-state index in [1.807, 2.05) is 24.4 Å². The monoisotopic (exact) mass is 276 g/mol. The minimum absolute atomic E-state index is 0.645. The maximum absolute atomic E-state index is 9.88. The summed E-state index contributed by atoms with van der Waals surface area (Å²) in [5.41, 5.74) is 0.149. The van der Waals surface area contributed by atoms with Crippen LogP contribution in [-0.4, -0.2) is 67.9 Å². The summed E-state index contributed by atoms with van der Waals surface area (Å²) in [5.74, 6) is 0.882. The van der Waals surface area contributed by atoms with Crippen molar-refractivity contribution in [2.45, 2.75) is 19.4 Å². The van der Waals surface area contributed by atoms with Gasteiger partial charge >= 0.3 is 0 Å². The highest BCUT2D eigenvalue weighted by molar-refractivity contribution is 5.63. The van der Waals surface area contributed by atoms with Gasteiger partial charge in [0, 0.05) is 45.1 Å². The molecule has 7 heteroatoms. The molecule has 0 aromatic carbocycles. The highest BCUT2D eigenvalue weighted by atomic mass is 16.3. The number of aliphatic hydroxyl groups is 1. The van der Waals surface area contributed by atoms with Gasteiger partial charge in [-0.3, -0.25) is 9.30 Å². The number of piperazine rings is 1. The van der Waals surface area contributed by atoms with Crippen LogP contribution in [0.15, 0.2) is 18.7 Å². The molecule has 0 unspecified atom stereocenters. The molecule has 108 valence electrons. The number of rotatable bonds is 3. The van der Waals surface area contributed by atoms with E-state index in [4.69, 9.17) is 0 Å². The van der Waals surface area contributed by atoms with Crippen molar-refractivity contribution in [2.24, 2.45) is 0 Å². The van der Waals surface area contributed by atoms with Crippen LogP contribution in [0.4, 0.5) is 5.82 Å². The van der Waals surface area contributed by atoms with Gasteiger partial charge in [0.2, 0.25) is 5.65 Å². The summed E-state index contributed by atoms with van der Waals surface area (Å²) in [4.78, 5) is 8.94. The Morgan fingerprint density at radius 1 is 1.25 bits per heavy atom. The fraction of sp³-hybridized carbons (Fsp3) is 0.615. The quantitative estimate of drug-likeness (QED) is 0.852. The molecule has 1 aliphatic rings. The maximum atomic E-state index is 9.88. The maximum Gasteiger partial charge on any atom is 0.203 e. The van der Waals surface area contributed by atoms with Crippen LogP contribution in [0.2, 0.25) is 0 Å². The van der Waals surface area contributed by atoms with Gasteiger partial charge in [0.25, 0.3) is 0 Å². The number of hydrogen-bond acceptors (Lipinski definition) is 6. The molecule has 3 rings (SSSR count). The molecule has 7 nitrogen and oxygen atoms in total. The van der Waals surface area contributed by atoms with E-state index < -0.39 is 5.60 Å². The Labute approximate surface area is 117 Å². The molecule has 1 N–H and O–H groups in total. The Kier molecular flexibility index (Phi) is 3.31. The van der Waals surface area contributed by atoms with E-state index in [0.29, 0.717) is 6.54 Å². The Morgan fingerprint density at radius 3 is 2.70 bits per heavy atom. The van der Waals surface area contributed by atoms with Crippen molar-refractivity contribution in [2.75, 3.05) is 37.6 Å². The number of aromatic nitrogens is 4. The number of nitrogens with zero attached hydrogens (tertiary/aromatic N) is 6. The SMILES string of the molecule is CC(C)(O)CN1CCN(c2nccn3cnnc23)CC1. The minimum atomic E-state index is -0.645. The van der Waals surface area contributed by atoms with Crippen LogP contribution >= 0.6 is 0 Å². The first-order chi connectivity index (χ1) is 9.53. The Morgan fingerprint density at radius 2 is 2.00 bits per heavy atom. The average Bonchev–Trinajstić information content (AvgIpc) is 2.86. The van der Waals surface area contributed by atoms with Gasteiger partial charge in [0.1, 0.15) is 6.33 Å². The van der Waals surface area contributed by atoms with Crippen molar-refractivity contribution < 1.29 is 5.11 Å². The first kappa shape index (κ1) is 13.3. The molecular weight excluding hydrogens is 256 g/mol. The lowest BCUT2D eigenvalue weighted by atomic mass is 10.1. The lowest BCUT2D eigenvalue weighted by Gasteiger charge is -2.37. The van der Waals surface area contributed by atoms with Crippen molar-refractivity contribution in [3.8, 4) is 0 Å². The van der Waals surface area contributed by atoms with Crippen molar-refractivity contribution in [3.05, 3.63) is 18.7 Å². The molecule has 1 fully saturated rings. The van der Waals surface area contributed by atoms with Crippen molar-refractivity contribution in [1.29, 1.82) is 0 Å². The largest absolute Gasteiger partial charge is 0.389 e. The van der Waals surface area contributed by atoms with Crippen LogP contribution in [0.5, 0.6) is 0 Å². The molecule has 0 amide bonds. The summed E-state index contributed by atoms with van der Waals surface area (Å²) >= 11 is 0. The topological polar surface area (TPSA) is 69.8 Å². The summed E-state index contributed by atoms with van der Waals surface area (Å²) < 4.78 is 1.88. The zero-order valence-corrected chi connectivity index (χ0v) is 11.9. The van der Waals surface area contributed by atoms with Crippen LogP contribution in [0.25, 0.3) is 5.65 Å². The predicted octanol–water partition coefficient (Wildman–Crippen LogP) is 0.0172. The summed E-state index contributed by atoms with van der Waals surface area (Å²) in [6.45, 7) is 7.99. The standard InChI is InChI=1S/C13H20N6O/c1-13(2,20)9-17-5-7-18(8-6-17)11-12-16-15-10-19(12)4-3-14-11/h3-4,10,20H,5-9H2,1-2H3. The van der Waals surface area contributed by atoms with E-state index in [9.17, 15) is 5.11 Å². The fourth-order valence-corrected chi connectivity index (χ4v) is 2.63. The number of β-amino-alcohol motifs (C(OH)–C–C–N with tert-alkyl or cyclic N) is 1. The molecule has 0 atom stereocenters. The molecule has 0 saturated carbocycles. The third kappa shape index (κ3) is 2.73. The second-order valence-corrected chi connectivity index (χ2v) is 5.89. The lowest BCUT2D eigenvalue weighted by molar-refractivity contribution is 0.0345. The van der Waals surface area contributed by atoms with E-state index in [1.54, 1.807) is 12.5 Å². The molecule has 2 aromatic rings. The number of hydrogen-bond donors (Lipinski definition) is 1. The van der Waals surface area contributed by atoms with Crippen LogP contribution in [0.3, 0.4) is 0 Å². The van der Waals surface area contributed by atoms with Gasteiger partial charge in [0.05, 0.1) is 5.60 Å². The highest BCUT2D eigenvalue weighted by Crippen LogP contribution is 2.18. The van der Waals surface area contributed by atoms with Gasteiger partial charge in [-0.15, -0.1) is 10.2 Å². The van der Waals surface area contributed by atoms with Crippen molar-refractivity contribution >= 4 is 11.5 Å². The van der Waals surface area contributed by atoms with Crippen LogP contribution in [0.1, 0.15) is 13.8 Å². The molecule has 0 spiro atoms.